The largest absolute Gasteiger partial charge is 0.467 e. The number of carbonyl (C=O) groups is 1. The molecule has 4 aromatic rings. The van der Waals surface area contributed by atoms with Gasteiger partial charge in [-0.15, -0.1) is 11.3 Å². The zero-order valence-corrected chi connectivity index (χ0v) is 14.7. The molecule has 1 aromatic carbocycles. The van der Waals surface area contributed by atoms with E-state index in [1.54, 1.807) is 23.0 Å². The van der Waals surface area contributed by atoms with Crippen LogP contribution in [-0.2, 0) is 0 Å². The van der Waals surface area contributed by atoms with E-state index in [-0.39, 0.29) is 11.9 Å². The summed E-state index contributed by atoms with van der Waals surface area (Å²) in [5.74, 6) is 0.468. The van der Waals surface area contributed by atoms with Gasteiger partial charge in [0.05, 0.1) is 6.26 Å². The first-order valence-corrected chi connectivity index (χ1v) is 9.51. The minimum absolute atomic E-state index is 0.219. The number of hydrogen-bond donors (Lipinski definition) is 1. The second-order valence-electron chi connectivity index (χ2n) is 5.38. The second-order valence-corrected chi connectivity index (χ2v) is 7.02. The molecule has 4 nitrogen and oxygen atoms in total. The summed E-state index contributed by atoms with van der Waals surface area (Å²) >= 11 is 3.08. The van der Waals surface area contributed by atoms with Crippen molar-refractivity contribution >= 4 is 28.6 Å². The molecule has 25 heavy (non-hydrogen) atoms. The Hall–Kier alpha value is -2.70. The molecular formula is C19H14N2O2S2. The molecule has 124 valence electrons. The van der Waals surface area contributed by atoms with E-state index in [0.717, 1.165) is 16.1 Å². The fourth-order valence-electron chi connectivity index (χ4n) is 2.52. The highest BCUT2D eigenvalue weighted by molar-refractivity contribution is 7.14. The predicted molar refractivity (Wildman–Crippen MR) is 99.9 cm³/mol. The molecule has 0 fully saturated rings. The van der Waals surface area contributed by atoms with E-state index < -0.39 is 0 Å². The van der Waals surface area contributed by atoms with Crippen LogP contribution in [0.1, 0.15) is 27.9 Å². The Bertz CT molecular complexity index is 945. The molecule has 0 spiro atoms. The van der Waals surface area contributed by atoms with Gasteiger partial charge >= 0.3 is 0 Å². The van der Waals surface area contributed by atoms with E-state index in [4.69, 9.17) is 4.42 Å². The van der Waals surface area contributed by atoms with Crippen molar-refractivity contribution in [1.82, 2.24) is 10.3 Å². The van der Waals surface area contributed by atoms with Gasteiger partial charge in [-0.1, -0.05) is 30.3 Å². The monoisotopic (exact) mass is 366 g/mol. The number of furan rings is 1. The molecule has 0 aliphatic rings. The molecule has 6 heteroatoms. The molecular weight excluding hydrogens is 352 g/mol. The predicted octanol–water partition coefficient (Wildman–Crippen LogP) is 4.98. The topological polar surface area (TPSA) is 55.1 Å². The first-order chi connectivity index (χ1) is 12.3. The van der Waals surface area contributed by atoms with Crippen LogP contribution in [0.2, 0.25) is 0 Å². The molecule has 0 saturated carbocycles. The fourth-order valence-corrected chi connectivity index (χ4v) is 4.03. The highest BCUT2D eigenvalue weighted by Gasteiger charge is 2.21. The number of aromatic nitrogens is 1. The molecule has 0 aliphatic carbocycles. The van der Waals surface area contributed by atoms with Gasteiger partial charge in [0.25, 0.3) is 5.91 Å². The minimum Gasteiger partial charge on any atom is -0.467 e. The highest BCUT2D eigenvalue weighted by atomic mass is 32.1. The van der Waals surface area contributed by atoms with Crippen LogP contribution < -0.4 is 5.32 Å². The maximum atomic E-state index is 12.7. The molecule has 1 N–H and O–H groups in total. The van der Waals surface area contributed by atoms with Crippen molar-refractivity contribution in [3.05, 3.63) is 88.0 Å². The van der Waals surface area contributed by atoms with Crippen LogP contribution in [0.15, 0.2) is 75.4 Å². The fraction of sp³-hybridized carbons (Fsp3) is 0.0526. The van der Waals surface area contributed by atoms with E-state index in [9.17, 15) is 4.79 Å². The summed E-state index contributed by atoms with van der Waals surface area (Å²) in [5, 5.41) is 9.68. The van der Waals surface area contributed by atoms with E-state index >= 15 is 0 Å². The van der Waals surface area contributed by atoms with Crippen molar-refractivity contribution in [2.45, 2.75) is 6.04 Å². The van der Waals surface area contributed by atoms with Crippen LogP contribution >= 0.6 is 22.7 Å². The number of nitrogens with one attached hydrogen (secondary N) is 1. The maximum absolute atomic E-state index is 12.7. The minimum atomic E-state index is -0.352. The Balaban J connectivity index is 1.59. The third-order valence-corrected chi connectivity index (χ3v) is 5.32. The molecule has 0 saturated heterocycles. The second kappa shape index (κ2) is 7.04. The lowest BCUT2D eigenvalue weighted by Crippen LogP contribution is -2.29. The van der Waals surface area contributed by atoms with Gasteiger partial charge in [-0.05, 0) is 29.1 Å². The number of thiazole rings is 1. The van der Waals surface area contributed by atoms with Crippen LogP contribution in [0.3, 0.4) is 0 Å². The molecule has 3 heterocycles. The van der Waals surface area contributed by atoms with Crippen LogP contribution in [0, 0.1) is 0 Å². The van der Waals surface area contributed by atoms with Crippen LogP contribution in [-0.4, -0.2) is 10.9 Å². The van der Waals surface area contributed by atoms with E-state index in [1.807, 2.05) is 59.3 Å². The van der Waals surface area contributed by atoms with Crippen LogP contribution in [0.5, 0.6) is 0 Å². The number of nitrogens with zero attached hydrogens (tertiary/aromatic N) is 1. The number of amides is 1. The lowest BCUT2D eigenvalue weighted by Gasteiger charge is -2.16. The van der Waals surface area contributed by atoms with Gasteiger partial charge in [0.1, 0.15) is 22.5 Å². The van der Waals surface area contributed by atoms with E-state index in [0.29, 0.717) is 11.5 Å². The summed E-state index contributed by atoms with van der Waals surface area (Å²) in [6.07, 6.45) is 1.61. The number of benzene rings is 1. The smallest absolute Gasteiger partial charge is 0.271 e. The molecule has 0 bridgehead atoms. The summed E-state index contributed by atoms with van der Waals surface area (Å²) in [7, 11) is 0. The number of thiophene rings is 1. The van der Waals surface area contributed by atoms with Gasteiger partial charge in [-0.3, -0.25) is 4.79 Å². The van der Waals surface area contributed by atoms with Gasteiger partial charge < -0.3 is 9.73 Å². The standard InChI is InChI=1S/C19H14N2O2S2/c22-18(15-12-25-19(20-15)14-8-10-24-11-14)21-17(16-7-4-9-23-16)13-5-2-1-3-6-13/h1-12,17H,(H,21,22). The quantitative estimate of drug-likeness (QED) is 0.542. The van der Waals surface area contributed by atoms with Gasteiger partial charge in [0.2, 0.25) is 0 Å². The van der Waals surface area contributed by atoms with Crippen molar-refractivity contribution in [2.75, 3.05) is 0 Å². The summed E-state index contributed by atoms with van der Waals surface area (Å²) in [4.78, 5) is 17.2. The Kier molecular flexibility index (Phi) is 4.45. The molecule has 4 rings (SSSR count). The number of rotatable bonds is 5. The van der Waals surface area contributed by atoms with Gasteiger partial charge in [-0.2, -0.15) is 11.3 Å². The highest BCUT2D eigenvalue weighted by Crippen LogP contribution is 2.27. The lowest BCUT2D eigenvalue weighted by atomic mass is 10.0. The Morgan fingerprint density at radius 1 is 1.08 bits per heavy atom. The zero-order chi connectivity index (χ0) is 17.1. The third-order valence-electron chi connectivity index (χ3n) is 3.74. The van der Waals surface area contributed by atoms with Crippen LogP contribution in [0.25, 0.3) is 10.6 Å². The number of carbonyl (C=O) groups excluding carboxylic acids is 1. The third kappa shape index (κ3) is 3.40. The molecule has 1 atom stereocenters. The molecule has 3 aromatic heterocycles. The summed E-state index contributed by atoms with van der Waals surface area (Å²) in [6.45, 7) is 0. The first-order valence-electron chi connectivity index (χ1n) is 7.68. The molecule has 0 aliphatic heterocycles. The van der Waals surface area contributed by atoms with Gasteiger partial charge in [0.15, 0.2) is 0 Å². The lowest BCUT2D eigenvalue weighted by molar-refractivity contribution is 0.0934. The Morgan fingerprint density at radius 3 is 2.68 bits per heavy atom. The summed E-state index contributed by atoms with van der Waals surface area (Å²) in [6, 6.07) is 15.1. The SMILES string of the molecule is O=C(NC(c1ccccc1)c1ccco1)c1csc(-c2ccsc2)n1. The van der Waals surface area contributed by atoms with Crippen molar-refractivity contribution in [1.29, 1.82) is 0 Å². The molecule has 1 amide bonds. The maximum Gasteiger partial charge on any atom is 0.271 e. The molecule has 0 radical (unpaired) electrons. The van der Waals surface area contributed by atoms with Crippen molar-refractivity contribution in [3.63, 3.8) is 0 Å². The van der Waals surface area contributed by atoms with Gasteiger partial charge in [0, 0.05) is 16.3 Å². The summed E-state index contributed by atoms with van der Waals surface area (Å²) in [5.41, 5.74) is 2.41. The van der Waals surface area contributed by atoms with E-state index in [1.165, 1.54) is 11.3 Å². The first kappa shape index (κ1) is 15.8. The summed E-state index contributed by atoms with van der Waals surface area (Å²) < 4.78 is 5.52. The average Bonchev–Trinajstić information content (AvgIpc) is 3.42. The normalized spacial score (nSPS) is 12.0. The van der Waals surface area contributed by atoms with Crippen LogP contribution in [0.4, 0.5) is 0 Å². The Labute approximate surface area is 152 Å². The number of hydrogen-bond acceptors (Lipinski definition) is 5. The van der Waals surface area contributed by atoms with Crippen molar-refractivity contribution in [3.8, 4) is 10.6 Å². The van der Waals surface area contributed by atoms with Crippen molar-refractivity contribution in [2.24, 2.45) is 0 Å². The zero-order valence-electron chi connectivity index (χ0n) is 13.1. The molecule has 1 unspecified atom stereocenters. The average molecular weight is 366 g/mol. The Morgan fingerprint density at radius 2 is 1.96 bits per heavy atom. The van der Waals surface area contributed by atoms with Crippen molar-refractivity contribution < 1.29 is 9.21 Å². The van der Waals surface area contributed by atoms with E-state index in [2.05, 4.69) is 10.3 Å². The van der Waals surface area contributed by atoms with Gasteiger partial charge in [-0.25, -0.2) is 4.98 Å².